The van der Waals surface area contributed by atoms with Gasteiger partial charge in [0.05, 0.1) is 11.8 Å². The van der Waals surface area contributed by atoms with E-state index in [1.165, 1.54) is 6.07 Å². The fourth-order valence-electron chi connectivity index (χ4n) is 2.78. The number of anilines is 1. The van der Waals surface area contributed by atoms with Gasteiger partial charge in [0.25, 0.3) is 0 Å². The smallest absolute Gasteiger partial charge is 0.147 e. The van der Waals surface area contributed by atoms with E-state index in [1.54, 1.807) is 6.07 Å². The van der Waals surface area contributed by atoms with Crippen LogP contribution < -0.4 is 5.32 Å². The van der Waals surface area contributed by atoms with E-state index in [-0.39, 0.29) is 23.4 Å². The van der Waals surface area contributed by atoms with Gasteiger partial charge in [-0.3, -0.25) is 0 Å². The second kappa shape index (κ2) is 5.80. The van der Waals surface area contributed by atoms with Gasteiger partial charge in [0.2, 0.25) is 0 Å². The Morgan fingerprint density at radius 2 is 2.21 bits per heavy atom. The van der Waals surface area contributed by atoms with Crippen LogP contribution in [-0.2, 0) is 4.74 Å². The minimum Gasteiger partial charge on any atom is -0.378 e. The first-order valence-electron chi connectivity index (χ1n) is 6.85. The molecule has 0 saturated heterocycles. The van der Waals surface area contributed by atoms with Gasteiger partial charge in [-0.25, -0.2) is 4.39 Å². The standard InChI is InChI=1S/C15H21BrFNO/c1-4-15(3)12(9-13(15)19-5-2)18-14-10(16)7-6-8-11(14)17/h6-8,12-13,18H,4-5,9H2,1-3H3. The summed E-state index contributed by atoms with van der Waals surface area (Å²) in [5, 5.41) is 3.34. The predicted octanol–water partition coefficient (Wildman–Crippen LogP) is 4.59. The molecule has 0 aliphatic heterocycles. The third-order valence-corrected chi connectivity index (χ3v) is 5.05. The lowest BCUT2D eigenvalue weighted by Crippen LogP contribution is -2.59. The fourth-order valence-corrected chi connectivity index (χ4v) is 3.24. The molecule has 1 saturated carbocycles. The molecule has 1 aromatic carbocycles. The lowest BCUT2D eigenvalue weighted by Gasteiger charge is -2.54. The van der Waals surface area contributed by atoms with E-state index in [0.717, 1.165) is 23.9 Å². The van der Waals surface area contributed by atoms with Crippen molar-refractivity contribution in [1.82, 2.24) is 0 Å². The number of rotatable bonds is 5. The van der Waals surface area contributed by atoms with Crippen LogP contribution in [0.25, 0.3) is 0 Å². The minimum absolute atomic E-state index is 0.0672. The molecule has 0 heterocycles. The van der Waals surface area contributed by atoms with E-state index < -0.39 is 0 Å². The van der Waals surface area contributed by atoms with Crippen molar-refractivity contribution in [2.24, 2.45) is 5.41 Å². The van der Waals surface area contributed by atoms with Crippen LogP contribution in [0.2, 0.25) is 0 Å². The van der Waals surface area contributed by atoms with Gasteiger partial charge in [0.15, 0.2) is 0 Å². The van der Waals surface area contributed by atoms with E-state index in [9.17, 15) is 4.39 Å². The monoisotopic (exact) mass is 329 g/mol. The first kappa shape index (κ1) is 14.8. The summed E-state index contributed by atoms with van der Waals surface area (Å²) in [4.78, 5) is 0. The van der Waals surface area contributed by atoms with Gasteiger partial charge in [0.1, 0.15) is 5.82 Å². The normalized spacial score (nSPS) is 29.9. The largest absolute Gasteiger partial charge is 0.378 e. The van der Waals surface area contributed by atoms with E-state index in [2.05, 4.69) is 35.1 Å². The zero-order valence-corrected chi connectivity index (χ0v) is 13.3. The molecule has 0 bridgehead atoms. The van der Waals surface area contributed by atoms with Gasteiger partial charge >= 0.3 is 0 Å². The minimum atomic E-state index is -0.215. The third-order valence-electron chi connectivity index (χ3n) is 4.39. The van der Waals surface area contributed by atoms with E-state index in [1.807, 2.05) is 13.0 Å². The van der Waals surface area contributed by atoms with Crippen molar-refractivity contribution in [3.8, 4) is 0 Å². The molecule has 1 fully saturated rings. The molecular weight excluding hydrogens is 309 g/mol. The lowest BCUT2D eigenvalue weighted by atomic mass is 9.61. The van der Waals surface area contributed by atoms with Gasteiger partial charge in [-0.05, 0) is 47.8 Å². The maximum Gasteiger partial charge on any atom is 0.147 e. The van der Waals surface area contributed by atoms with E-state index in [0.29, 0.717) is 5.69 Å². The van der Waals surface area contributed by atoms with Crippen LogP contribution in [0, 0.1) is 11.2 Å². The Kier molecular flexibility index (Phi) is 4.51. The highest BCUT2D eigenvalue weighted by Gasteiger charge is 2.51. The summed E-state index contributed by atoms with van der Waals surface area (Å²) in [7, 11) is 0. The van der Waals surface area contributed by atoms with E-state index >= 15 is 0 Å². The van der Waals surface area contributed by atoms with Gasteiger partial charge in [-0.15, -0.1) is 0 Å². The third kappa shape index (κ3) is 2.65. The zero-order valence-electron chi connectivity index (χ0n) is 11.7. The summed E-state index contributed by atoms with van der Waals surface area (Å²) in [6.07, 6.45) is 2.21. The number of ether oxygens (including phenoxy) is 1. The van der Waals surface area contributed by atoms with Crippen LogP contribution in [0.5, 0.6) is 0 Å². The van der Waals surface area contributed by atoms with Crippen LogP contribution in [0.4, 0.5) is 10.1 Å². The summed E-state index contributed by atoms with van der Waals surface area (Å²) in [5.41, 5.74) is 0.625. The highest BCUT2D eigenvalue weighted by Crippen LogP contribution is 2.48. The van der Waals surface area contributed by atoms with Crippen molar-refractivity contribution in [3.63, 3.8) is 0 Å². The van der Waals surface area contributed by atoms with Gasteiger partial charge in [-0.2, -0.15) is 0 Å². The van der Waals surface area contributed by atoms with Crippen molar-refractivity contribution in [3.05, 3.63) is 28.5 Å². The average Bonchev–Trinajstić information content (AvgIpc) is 2.39. The van der Waals surface area contributed by atoms with Crippen molar-refractivity contribution >= 4 is 21.6 Å². The molecule has 4 heteroatoms. The Hall–Kier alpha value is -0.610. The highest BCUT2D eigenvalue weighted by atomic mass is 79.9. The van der Waals surface area contributed by atoms with Crippen LogP contribution in [0.15, 0.2) is 22.7 Å². The van der Waals surface area contributed by atoms with Crippen LogP contribution in [0.3, 0.4) is 0 Å². The summed E-state index contributed by atoms with van der Waals surface area (Å²) < 4.78 is 20.4. The second-order valence-corrected chi connectivity index (χ2v) is 6.19. The molecule has 0 aromatic heterocycles. The van der Waals surface area contributed by atoms with Crippen LogP contribution in [-0.4, -0.2) is 18.8 Å². The molecular formula is C15H21BrFNO. The molecule has 1 N–H and O–H groups in total. The van der Waals surface area contributed by atoms with Crippen molar-refractivity contribution in [2.75, 3.05) is 11.9 Å². The van der Waals surface area contributed by atoms with Gasteiger partial charge in [0, 0.05) is 22.5 Å². The summed E-state index contributed by atoms with van der Waals surface area (Å²) >= 11 is 3.40. The van der Waals surface area contributed by atoms with Crippen molar-refractivity contribution < 1.29 is 9.13 Å². The molecule has 2 rings (SSSR count). The molecule has 106 valence electrons. The number of hydrogen-bond acceptors (Lipinski definition) is 2. The zero-order chi connectivity index (χ0) is 14.0. The molecule has 1 aromatic rings. The Morgan fingerprint density at radius 1 is 1.47 bits per heavy atom. The van der Waals surface area contributed by atoms with Crippen LogP contribution in [0.1, 0.15) is 33.6 Å². The summed E-state index contributed by atoms with van der Waals surface area (Å²) in [6.45, 7) is 7.13. The average molecular weight is 330 g/mol. The van der Waals surface area contributed by atoms with Crippen molar-refractivity contribution in [2.45, 2.75) is 45.8 Å². The van der Waals surface area contributed by atoms with E-state index in [4.69, 9.17) is 4.74 Å². The van der Waals surface area contributed by atoms with Crippen molar-refractivity contribution in [1.29, 1.82) is 0 Å². The Bertz CT molecular complexity index is 434. The summed E-state index contributed by atoms with van der Waals surface area (Å²) in [6, 6.07) is 5.29. The van der Waals surface area contributed by atoms with Gasteiger partial charge < -0.3 is 10.1 Å². The number of nitrogens with one attached hydrogen (secondary N) is 1. The van der Waals surface area contributed by atoms with Gasteiger partial charge in [-0.1, -0.05) is 19.9 Å². The fraction of sp³-hybridized carbons (Fsp3) is 0.600. The maximum absolute atomic E-state index is 13.8. The predicted molar refractivity (Wildman–Crippen MR) is 79.9 cm³/mol. The molecule has 0 amide bonds. The Labute approximate surface area is 122 Å². The molecule has 1 aliphatic rings. The first-order chi connectivity index (χ1) is 9.02. The quantitative estimate of drug-likeness (QED) is 0.852. The Balaban J connectivity index is 2.12. The second-order valence-electron chi connectivity index (χ2n) is 5.33. The SMILES string of the molecule is CCOC1CC(Nc2c(F)cccc2Br)C1(C)CC. The molecule has 2 nitrogen and oxygen atoms in total. The molecule has 0 radical (unpaired) electrons. The topological polar surface area (TPSA) is 21.3 Å². The lowest BCUT2D eigenvalue weighted by molar-refractivity contribution is -0.109. The molecule has 3 atom stereocenters. The number of para-hydroxylation sites is 1. The molecule has 0 spiro atoms. The molecule has 1 aliphatic carbocycles. The number of halogens is 2. The molecule has 19 heavy (non-hydrogen) atoms. The highest BCUT2D eigenvalue weighted by molar-refractivity contribution is 9.10. The molecule has 3 unspecified atom stereocenters. The number of hydrogen-bond donors (Lipinski definition) is 1. The summed E-state index contributed by atoms with van der Waals surface area (Å²) in [5.74, 6) is -0.215. The number of benzene rings is 1. The maximum atomic E-state index is 13.8. The first-order valence-corrected chi connectivity index (χ1v) is 7.64. The van der Waals surface area contributed by atoms with Crippen LogP contribution >= 0.6 is 15.9 Å². The Morgan fingerprint density at radius 3 is 2.79 bits per heavy atom.